The third-order valence-corrected chi connectivity index (χ3v) is 19.7. The minimum absolute atomic E-state index is 0.581. The maximum atomic E-state index is 2.44. The molecule has 0 saturated carbocycles. The normalized spacial score (nSPS) is 12.4. The Bertz CT molecular complexity index is 5670. The lowest BCUT2D eigenvalue weighted by Crippen LogP contribution is -2.29. The molecule has 0 atom stereocenters. The molecule has 93 heavy (non-hydrogen) atoms. The molecule has 0 bridgehead atoms. The quantitative estimate of drug-likeness (QED) is 0.122. The molecule has 15 aromatic carbocycles. The van der Waals surface area contributed by atoms with Crippen molar-refractivity contribution in [2.45, 2.75) is 5.41 Å². The van der Waals surface area contributed by atoms with E-state index in [0.29, 0.717) is 0 Å². The molecule has 0 radical (unpaired) electrons. The molecule has 2 heteroatoms. The Kier molecular flexibility index (Phi) is 12.8. The molecule has 0 amide bonds. The van der Waals surface area contributed by atoms with Gasteiger partial charge >= 0.3 is 0 Å². The fourth-order valence-electron chi connectivity index (χ4n) is 15.4. The summed E-state index contributed by atoms with van der Waals surface area (Å²) in [4.78, 5) is 0. The fourth-order valence-corrected chi connectivity index (χ4v) is 15.4. The van der Waals surface area contributed by atoms with Crippen LogP contribution in [0, 0.1) is 0 Å². The van der Waals surface area contributed by atoms with Gasteiger partial charge in [0.25, 0.3) is 0 Å². The highest BCUT2D eigenvalue weighted by Crippen LogP contribution is 2.58. The van der Waals surface area contributed by atoms with E-state index in [2.05, 4.69) is 373 Å². The molecule has 2 aromatic heterocycles. The summed E-state index contributed by atoms with van der Waals surface area (Å²) < 4.78 is 4.85. The van der Waals surface area contributed by atoms with Gasteiger partial charge in [0.15, 0.2) is 0 Å². The van der Waals surface area contributed by atoms with Gasteiger partial charge in [-0.15, -0.1) is 0 Å². The molecular formula is C91H60N2. The predicted molar refractivity (Wildman–Crippen MR) is 390 cm³/mol. The van der Waals surface area contributed by atoms with Gasteiger partial charge < -0.3 is 9.13 Å². The van der Waals surface area contributed by atoms with E-state index in [9.17, 15) is 0 Å². The van der Waals surface area contributed by atoms with Crippen molar-refractivity contribution in [3.05, 3.63) is 386 Å². The maximum absolute atomic E-state index is 2.44. The van der Waals surface area contributed by atoms with E-state index in [1.54, 1.807) is 0 Å². The molecular weight excluding hydrogens is 1120 g/mol. The molecule has 1 aliphatic carbocycles. The Balaban J connectivity index is 0.636. The Labute approximate surface area is 541 Å². The van der Waals surface area contributed by atoms with Crippen LogP contribution in [-0.4, -0.2) is 9.13 Å². The van der Waals surface area contributed by atoms with Gasteiger partial charge in [-0.3, -0.25) is 0 Å². The molecule has 0 fully saturated rings. The molecule has 2 heterocycles. The van der Waals surface area contributed by atoms with Gasteiger partial charge in [0.05, 0.1) is 33.2 Å². The summed E-state index contributed by atoms with van der Waals surface area (Å²) in [5.74, 6) is 0. The third-order valence-electron chi connectivity index (χ3n) is 19.7. The number of aromatic nitrogens is 2. The number of para-hydroxylation sites is 3. The van der Waals surface area contributed by atoms with Gasteiger partial charge in [0.1, 0.15) is 0 Å². The average molecular weight is 1180 g/mol. The van der Waals surface area contributed by atoms with Gasteiger partial charge in [-0.25, -0.2) is 0 Å². The number of hydrogen-bond donors (Lipinski definition) is 0. The minimum Gasteiger partial charge on any atom is -0.309 e. The van der Waals surface area contributed by atoms with Crippen LogP contribution in [0.15, 0.2) is 364 Å². The summed E-state index contributed by atoms with van der Waals surface area (Å²) in [7, 11) is 0. The summed E-state index contributed by atoms with van der Waals surface area (Å²) in [6, 6.07) is 135. The van der Waals surface area contributed by atoms with Crippen molar-refractivity contribution in [2.75, 3.05) is 0 Å². The zero-order chi connectivity index (χ0) is 61.4. The van der Waals surface area contributed by atoms with E-state index in [1.165, 1.54) is 161 Å². The maximum Gasteiger partial charge on any atom is 0.0719 e. The molecule has 1 aliphatic rings. The van der Waals surface area contributed by atoms with Crippen molar-refractivity contribution >= 4 is 43.6 Å². The van der Waals surface area contributed by atoms with Crippen LogP contribution in [0.4, 0.5) is 0 Å². The first-order valence-corrected chi connectivity index (χ1v) is 32.2. The van der Waals surface area contributed by atoms with Gasteiger partial charge in [-0.2, -0.15) is 0 Å². The van der Waals surface area contributed by atoms with E-state index in [1.807, 2.05) is 0 Å². The molecule has 2 nitrogen and oxygen atoms in total. The number of hydrogen-bond acceptors (Lipinski definition) is 0. The van der Waals surface area contributed by atoms with Gasteiger partial charge in [-0.1, -0.05) is 297 Å². The zero-order valence-electron chi connectivity index (χ0n) is 51.0. The summed E-state index contributed by atoms with van der Waals surface area (Å²) >= 11 is 0. The first-order valence-electron chi connectivity index (χ1n) is 32.2. The highest BCUT2D eigenvalue weighted by molar-refractivity contribution is 6.13. The van der Waals surface area contributed by atoms with Crippen molar-refractivity contribution in [2.24, 2.45) is 0 Å². The fraction of sp³-hybridized carbons (Fsp3) is 0.0110. The van der Waals surface area contributed by atoms with Crippen molar-refractivity contribution in [3.63, 3.8) is 0 Å². The molecule has 18 rings (SSSR count). The summed E-state index contributed by atoms with van der Waals surface area (Å²) in [5.41, 5.74) is 30.9. The molecule has 0 N–H and O–H groups in total. The van der Waals surface area contributed by atoms with Crippen molar-refractivity contribution in [1.29, 1.82) is 0 Å². The van der Waals surface area contributed by atoms with Crippen molar-refractivity contribution in [3.8, 4) is 100 Å². The monoisotopic (exact) mass is 1180 g/mol. The number of fused-ring (bicyclic) bond motifs is 9. The molecule has 0 aliphatic heterocycles. The molecule has 0 saturated heterocycles. The summed E-state index contributed by atoms with van der Waals surface area (Å²) in [6.07, 6.45) is 0. The second-order valence-corrected chi connectivity index (χ2v) is 24.7. The number of rotatable bonds is 11. The van der Waals surface area contributed by atoms with E-state index < -0.39 is 5.41 Å². The van der Waals surface area contributed by atoms with Crippen LogP contribution in [-0.2, 0) is 5.41 Å². The second-order valence-electron chi connectivity index (χ2n) is 24.7. The highest BCUT2D eigenvalue weighted by atomic mass is 15.0. The Morgan fingerprint density at radius 2 is 0.538 bits per heavy atom. The van der Waals surface area contributed by atoms with Crippen molar-refractivity contribution in [1.82, 2.24) is 9.13 Å². The van der Waals surface area contributed by atoms with Crippen LogP contribution in [0.1, 0.15) is 22.3 Å². The standard InChI is InChI=1S/C91H60N2/c1-3-21-61(22-4-1)68-25-19-27-72(57-68)75-29-7-13-35-83(75)91(84-36-14-8-31-77(84)78-32-9-15-37-85(78)91)73-28-20-26-69(58-73)66-47-45-63(46-48-66)62-41-43-64(44-42-62)65-49-53-74(54-50-65)92-87-39-17-11-33-79(87)81-59-70(51-55-89(81)92)71-52-56-90-82(60-71)80-34-12-18-40-88(80)93(90)86-38-16-10-30-76(86)67-23-5-2-6-24-67/h1-60H. The van der Waals surface area contributed by atoms with Crippen LogP contribution in [0.5, 0.6) is 0 Å². The van der Waals surface area contributed by atoms with Crippen LogP contribution >= 0.6 is 0 Å². The Morgan fingerprint density at radius 1 is 0.183 bits per heavy atom. The minimum atomic E-state index is -0.581. The number of benzene rings is 15. The Hall–Kier alpha value is -12.1. The third kappa shape index (κ3) is 8.86. The molecule has 17 aromatic rings. The van der Waals surface area contributed by atoms with E-state index >= 15 is 0 Å². The molecule has 434 valence electrons. The second kappa shape index (κ2) is 22.1. The van der Waals surface area contributed by atoms with E-state index in [-0.39, 0.29) is 0 Å². The smallest absolute Gasteiger partial charge is 0.0719 e. The van der Waals surface area contributed by atoms with Gasteiger partial charge in [0.2, 0.25) is 0 Å². The Morgan fingerprint density at radius 3 is 1.12 bits per heavy atom. The SMILES string of the molecule is c1ccc(-c2cccc(-c3ccccc3C3(c4cccc(-c5ccc(-c6ccc(-c7ccc(-n8c9ccccc9c9cc(-c%10ccc%11c(c%10)c%10ccccc%10n%11-c%10ccccc%10-c%10ccccc%10)ccc98)cc7)cc6)cc5)c4)c4ccccc4-c4ccccc43)c2)cc1. The van der Waals surface area contributed by atoms with E-state index in [4.69, 9.17) is 0 Å². The lowest BCUT2D eigenvalue weighted by molar-refractivity contribution is 0.771. The van der Waals surface area contributed by atoms with E-state index in [0.717, 1.165) is 5.69 Å². The molecule has 0 spiro atoms. The largest absolute Gasteiger partial charge is 0.309 e. The average Bonchev–Trinajstić information content (AvgIpc) is 1.56. The van der Waals surface area contributed by atoms with Crippen LogP contribution in [0.25, 0.3) is 144 Å². The molecule has 0 unspecified atom stereocenters. The summed E-state index contributed by atoms with van der Waals surface area (Å²) in [6.45, 7) is 0. The van der Waals surface area contributed by atoms with Crippen LogP contribution in [0.2, 0.25) is 0 Å². The van der Waals surface area contributed by atoms with Crippen LogP contribution in [0.3, 0.4) is 0 Å². The lowest BCUT2D eigenvalue weighted by atomic mass is 9.65. The van der Waals surface area contributed by atoms with Crippen LogP contribution < -0.4 is 0 Å². The first-order chi connectivity index (χ1) is 46.1. The topological polar surface area (TPSA) is 9.86 Å². The van der Waals surface area contributed by atoms with Crippen molar-refractivity contribution < 1.29 is 0 Å². The van der Waals surface area contributed by atoms with Gasteiger partial charge in [0, 0.05) is 32.8 Å². The predicted octanol–water partition coefficient (Wildman–Crippen LogP) is 23.9. The summed E-state index contributed by atoms with van der Waals surface area (Å²) in [5, 5.41) is 4.95. The first kappa shape index (κ1) is 53.9. The zero-order valence-corrected chi connectivity index (χ0v) is 51.0. The number of nitrogens with zero attached hydrogens (tertiary/aromatic N) is 2. The highest BCUT2D eigenvalue weighted by Gasteiger charge is 2.47. The lowest BCUT2D eigenvalue weighted by Gasteiger charge is -2.36. The van der Waals surface area contributed by atoms with Gasteiger partial charge in [-0.05, 0) is 172 Å².